The zero-order valence-corrected chi connectivity index (χ0v) is 13.5. The largest absolute Gasteiger partial charge is 0.341 e. The number of nitrogens with zero attached hydrogens (tertiary/aromatic N) is 3. The number of aromatic nitrogens is 2. The molecule has 2 aromatic heterocycles. The van der Waals surface area contributed by atoms with E-state index in [-0.39, 0.29) is 24.0 Å². The summed E-state index contributed by atoms with van der Waals surface area (Å²) in [7, 11) is 1.68. The van der Waals surface area contributed by atoms with E-state index < -0.39 is 0 Å². The predicted molar refractivity (Wildman–Crippen MR) is 88.8 cm³/mol. The number of carbonyl (C=O) groups excluding carboxylic acids is 1. The van der Waals surface area contributed by atoms with Crippen molar-refractivity contribution in [2.24, 2.45) is 0 Å². The molecule has 0 unspecified atom stereocenters. The number of amides is 1. The number of benzene rings is 1. The number of hydrogen-bond acceptors (Lipinski definition) is 3. The molecule has 0 aliphatic heterocycles. The van der Waals surface area contributed by atoms with Crippen LogP contribution in [0.25, 0.3) is 5.52 Å². The number of pyridine rings is 1. The first-order chi connectivity index (χ1) is 11.1. The first-order valence-corrected chi connectivity index (χ1v) is 8.16. The molecule has 3 rings (SSSR count). The third kappa shape index (κ3) is 3.53. The van der Waals surface area contributed by atoms with Crippen LogP contribution in [0.2, 0.25) is 0 Å². The molecular formula is C17H16FN3OS. The molecule has 1 aromatic carbocycles. The zero-order chi connectivity index (χ0) is 16.2. The summed E-state index contributed by atoms with van der Waals surface area (Å²) in [5, 5.41) is 0.772. The molecule has 2 heterocycles. The van der Waals surface area contributed by atoms with Crippen LogP contribution < -0.4 is 0 Å². The molecule has 0 N–H and O–H groups in total. The number of carbonyl (C=O) groups is 1. The van der Waals surface area contributed by atoms with Gasteiger partial charge in [-0.2, -0.15) is 0 Å². The number of imidazole rings is 1. The van der Waals surface area contributed by atoms with Gasteiger partial charge in [-0.25, -0.2) is 9.37 Å². The minimum Gasteiger partial charge on any atom is -0.341 e. The van der Waals surface area contributed by atoms with Crippen molar-refractivity contribution in [3.05, 3.63) is 66.2 Å². The minimum absolute atomic E-state index is 0.0639. The van der Waals surface area contributed by atoms with E-state index in [0.717, 1.165) is 10.7 Å². The summed E-state index contributed by atoms with van der Waals surface area (Å²) in [6, 6.07) is 12.3. The van der Waals surface area contributed by atoms with Crippen LogP contribution in [0.4, 0.5) is 4.39 Å². The van der Waals surface area contributed by atoms with Gasteiger partial charge in [0, 0.05) is 25.4 Å². The molecule has 23 heavy (non-hydrogen) atoms. The van der Waals surface area contributed by atoms with Gasteiger partial charge >= 0.3 is 0 Å². The summed E-state index contributed by atoms with van der Waals surface area (Å²) in [6.45, 7) is 0.258. The molecule has 0 saturated heterocycles. The van der Waals surface area contributed by atoms with E-state index in [4.69, 9.17) is 0 Å². The van der Waals surface area contributed by atoms with Crippen LogP contribution in [0.15, 0.2) is 60.0 Å². The van der Waals surface area contributed by atoms with E-state index in [2.05, 4.69) is 4.98 Å². The van der Waals surface area contributed by atoms with Gasteiger partial charge in [0.1, 0.15) is 5.82 Å². The zero-order valence-electron chi connectivity index (χ0n) is 12.6. The molecule has 0 aliphatic rings. The first-order valence-electron chi connectivity index (χ1n) is 7.17. The molecule has 3 aromatic rings. The molecule has 0 spiro atoms. The Morgan fingerprint density at radius 2 is 2.04 bits per heavy atom. The molecule has 0 saturated carbocycles. The van der Waals surface area contributed by atoms with Crippen molar-refractivity contribution in [2.75, 3.05) is 12.8 Å². The monoisotopic (exact) mass is 329 g/mol. The Morgan fingerprint density at radius 3 is 2.87 bits per heavy atom. The van der Waals surface area contributed by atoms with E-state index in [1.54, 1.807) is 31.4 Å². The van der Waals surface area contributed by atoms with E-state index >= 15 is 0 Å². The Kier molecular flexibility index (Phi) is 4.62. The Bertz CT molecular complexity index is 833. The van der Waals surface area contributed by atoms with Crippen LogP contribution in [-0.2, 0) is 11.3 Å². The van der Waals surface area contributed by atoms with Crippen LogP contribution in [0.3, 0.4) is 0 Å². The predicted octanol–water partition coefficient (Wildman–Crippen LogP) is 3.22. The van der Waals surface area contributed by atoms with Gasteiger partial charge in [-0.05, 0) is 18.2 Å². The molecule has 6 heteroatoms. The number of fused-ring (bicyclic) bond motifs is 1. The van der Waals surface area contributed by atoms with Crippen LogP contribution in [0.1, 0.15) is 5.56 Å². The second-order valence-corrected chi connectivity index (χ2v) is 6.11. The molecule has 118 valence electrons. The highest BCUT2D eigenvalue weighted by Gasteiger charge is 2.13. The van der Waals surface area contributed by atoms with Gasteiger partial charge in [-0.15, -0.1) is 0 Å². The fourth-order valence-electron chi connectivity index (χ4n) is 2.23. The standard InChI is InChI=1S/C17H16FN3OS/c1-20(11-13-6-2-3-8-15(13)18)16(22)12-23-17-19-10-14-7-4-5-9-21(14)17/h2-10H,11-12H2,1H3. The topological polar surface area (TPSA) is 37.6 Å². The van der Waals surface area contributed by atoms with Gasteiger partial charge in [0.2, 0.25) is 5.91 Å². The van der Waals surface area contributed by atoms with Crippen molar-refractivity contribution in [3.8, 4) is 0 Å². The number of rotatable bonds is 5. The quantitative estimate of drug-likeness (QED) is 0.675. The van der Waals surface area contributed by atoms with Gasteiger partial charge < -0.3 is 4.90 Å². The smallest absolute Gasteiger partial charge is 0.233 e. The highest BCUT2D eigenvalue weighted by Crippen LogP contribution is 2.19. The summed E-state index contributed by atoms with van der Waals surface area (Å²) in [6.07, 6.45) is 3.69. The number of thioether (sulfide) groups is 1. The summed E-state index contributed by atoms with van der Waals surface area (Å²) in [5.74, 6) is -0.0936. The average Bonchev–Trinajstić information content (AvgIpc) is 2.98. The Morgan fingerprint density at radius 1 is 1.26 bits per heavy atom. The van der Waals surface area contributed by atoms with Crippen molar-refractivity contribution in [1.82, 2.24) is 14.3 Å². The maximum Gasteiger partial charge on any atom is 0.233 e. The lowest BCUT2D eigenvalue weighted by Crippen LogP contribution is -2.28. The van der Waals surface area contributed by atoms with Gasteiger partial charge in [0.25, 0.3) is 0 Å². The second kappa shape index (κ2) is 6.83. The molecular weight excluding hydrogens is 313 g/mol. The van der Waals surface area contributed by atoms with Gasteiger partial charge in [-0.3, -0.25) is 9.20 Å². The maximum absolute atomic E-state index is 13.6. The lowest BCUT2D eigenvalue weighted by atomic mass is 10.2. The SMILES string of the molecule is CN(Cc1ccccc1F)C(=O)CSc1ncc2ccccn12. The highest BCUT2D eigenvalue weighted by atomic mass is 32.2. The Balaban J connectivity index is 1.62. The van der Waals surface area contributed by atoms with Gasteiger partial charge in [0.15, 0.2) is 5.16 Å². The van der Waals surface area contributed by atoms with Crippen LogP contribution in [0, 0.1) is 5.82 Å². The maximum atomic E-state index is 13.6. The molecule has 0 bridgehead atoms. The third-order valence-electron chi connectivity index (χ3n) is 3.52. The van der Waals surface area contributed by atoms with E-state index in [0.29, 0.717) is 5.56 Å². The normalized spacial score (nSPS) is 10.9. The lowest BCUT2D eigenvalue weighted by molar-refractivity contribution is -0.127. The van der Waals surface area contributed by atoms with E-state index in [9.17, 15) is 9.18 Å². The fourth-order valence-corrected chi connectivity index (χ4v) is 3.14. The fraction of sp³-hybridized carbons (Fsp3) is 0.176. The highest BCUT2D eigenvalue weighted by molar-refractivity contribution is 7.99. The molecule has 0 fully saturated rings. The van der Waals surface area contributed by atoms with Crippen molar-refractivity contribution in [1.29, 1.82) is 0 Å². The number of halogens is 1. The Labute approximate surface area is 137 Å². The Hall–Kier alpha value is -2.34. The van der Waals surface area contributed by atoms with Crippen molar-refractivity contribution >= 4 is 23.2 Å². The van der Waals surface area contributed by atoms with E-state index in [1.807, 2.05) is 28.8 Å². The van der Waals surface area contributed by atoms with E-state index in [1.165, 1.54) is 22.7 Å². The minimum atomic E-state index is -0.293. The van der Waals surface area contributed by atoms with Crippen molar-refractivity contribution < 1.29 is 9.18 Å². The second-order valence-electron chi connectivity index (χ2n) is 5.17. The average molecular weight is 329 g/mol. The summed E-state index contributed by atoms with van der Waals surface area (Å²) >= 11 is 1.37. The molecule has 0 atom stereocenters. The first kappa shape index (κ1) is 15.6. The van der Waals surface area contributed by atoms with Crippen LogP contribution in [-0.4, -0.2) is 33.0 Å². The summed E-state index contributed by atoms with van der Waals surface area (Å²) < 4.78 is 15.6. The summed E-state index contributed by atoms with van der Waals surface area (Å²) in [5.41, 5.74) is 1.50. The lowest BCUT2D eigenvalue weighted by Gasteiger charge is -2.17. The summed E-state index contributed by atoms with van der Waals surface area (Å²) in [4.78, 5) is 18.1. The van der Waals surface area contributed by atoms with Crippen molar-refractivity contribution in [2.45, 2.75) is 11.7 Å². The third-order valence-corrected chi connectivity index (χ3v) is 4.47. The molecule has 4 nitrogen and oxygen atoms in total. The molecule has 0 aliphatic carbocycles. The molecule has 1 amide bonds. The van der Waals surface area contributed by atoms with Crippen molar-refractivity contribution in [3.63, 3.8) is 0 Å². The number of hydrogen-bond donors (Lipinski definition) is 0. The van der Waals surface area contributed by atoms with Gasteiger partial charge in [-0.1, -0.05) is 36.0 Å². The molecule has 0 radical (unpaired) electrons. The van der Waals surface area contributed by atoms with Crippen LogP contribution in [0.5, 0.6) is 0 Å². The van der Waals surface area contributed by atoms with Crippen LogP contribution >= 0.6 is 11.8 Å². The van der Waals surface area contributed by atoms with Gasteiger partial charge in [0.05, 0.1) is 17.5 Å².